The molecule has 1 fully saturated rings. The van der Waals surface area contributed by atoms with Crippen LogP contribution in [0.2, 0.25) is 0 Å². The van der Waals surface area contributed by atoms with Crippen molar-refractivity contribution in [3.8, 4) is 34.0 Å². The summed E-state index contributed by atoms with van der Waals surface area (Å²) in [4.78, 5) is 29.5. The van der Waals surface area contributed by atoms with Crippen LogP contribution in [0.3, 0.4) is 0 Å². The summed E-state index contributed by atoms with van der Waals surface area (Å²) < 4.78 is 11.0. The minimum Gasteiger partial charge on any atom is -0.493 e. The highest BCUT2D eigenvalue weighted by Crippen LogP contribution is 2.37. The molecule has 1 aliphatic heterocycles. The van der Waals surface area contributed by atoms with Crippen molar-refractivity contribution >= 4 is 5.91 Å². The molecule has 0 saturated carbocycles. The Kier molecular flexibility index (Phi) is 7.12. The number of pyridine rings is 1. The third-order valence-corrected chi connectivity index (χ3v) is 6.92. The number of para-hydroxylation sites is 1. The van der Waals surface area contributed by atoms with Gasteiger partial charge in [0.05, 0.1) is 25.5 Å². The number of rotatable bonds is 6. The van der Waals surface area contributed by atoms with Crippen molar-refractivity contribution < 1.29 is 14.3 Å². The molecule has 1 atom stereocenters. The van der Waals surface area contributed by atoms with Gasteiger partial charge in [-0.2, -0.15) is 0 Å². The number of methoxy groups -OCH3 is 2. The molecule has 1 amide bonds. The van der Waals surface area contributed by atoms with Gasteiger partial charge in [-0.05, 0) is 55.2 Å². The van der Waals surface area contributed by atoms with Gasteiger partial charge in [0.25, 0.3) is 5.91 Å². The predicted octanol–water partition coefficient (Wildman–Crippen LogP) is 5.55. The van der Waals surface area contributed by atoms with Crippen LogP contribution in [-0.2, 0) is 0 Å². The first kappa shape index (κ1) is 24.4. The maximum Gasteiger partial charge on any atom is 0.257 e. The summed E-state index contributed by atoms with van der Waals surface area (Å²) in [5.74, 6) is 1.66. The van der Waals surface area contributed by atoms with Gasteiger partial charge >= 0.3 is 0 Å². The number of aromatic nitrogens is 3. The topological polar surface area (TPSA) is 77.4 Å². The molecule has 3 heterocycles. The molecule has 1 aliphatic rings. The molecule has 7 heteroatoms. The second-order valence-electron chi connectivity index (χ2n) is 9.17. The van der Waals surface area contributed by atoms with E-state index in [9.17, 15) is 4.79 Å². The Hall–Kier alpha value is -4.26. The smallest absolute Gasteiger partial charge is 0.257 e. The highest BCUT2D eigenvalue weighted by atomic mass is 16.5. The monoisotopic (exact) mass is 494 g/mol. The zero-order valence-corrected chi connectivity index (χ0v) is 21.3. The SMILES string of the molecule is COc1cccc(C(=O)N2CCC[C@@H](c3nc(-c4ccncc4)ncc3-c3ccccc3C)C2)c1OC. The van der Waals surface area contributed by atoms with Crippen LogP contribution in [0.4, 0.5) is 0 Å². The van der Waals surface area contributed by atoms with Crippen LogP contribution in [0.15, 0.2) is 73.2 Å². The van der Waals surface area contributed by atoms with Gasteiger partial charge in [0, 0.05) is 48.7 Å². The second-order valence-corrected chi connectivity index (χ2v) is 9.17. The Bertz CT molecular complexity index is 1410. The van der Waals surface area contributed by atoms with Gasteiger partial charge in [0.15, 0.2) is 17.3 Å². The molecule has 5 rings (SSSR count). The Morgan fingerprint density at radius 1 is 0.973 bits per heavy atom. The predicted molar refractivity (Wildman–Crippen MR) is 143 cm³/mol. The summed E-state index contributed by atoms with van der Waals surface area (Å²) in [6.45, 7) is 3.34. The van der Waals surface area contributed by atoms with Crippen molar-refractivity contribution in [2.45, 2.75) is 25.7 Å². The molecule has 0 N–H and O–H groups in total. The number of benzene rings is 2. The van der Waals surface area contributed by atoms with E-state index in [2.05, 4.69) is 24.0 Å². The van der Waals surface area contributed by atoms with Crippen molar-refractivity contribution in [1.82, 2.24) is 19.9 Å². The molecule has 0 unspecified atom stereocenters. The summed E-state index contributed by atoms with van der Waals surface area (Å²) >= 11 is 0. The lowest BCUT2D eigenvalue weighted by Gasteiger charge is -2.34. The van der Waals surface area contributed by atoms with E-state index >= 15 is 0 Å². The third kappa shape index (κ3) is 4.89. The van der Waals surface area contributed by atoms with Crippen LogP contribution in [0, 0.1) is 6.92 Å². The van der Waals surface area contributed by atoms with Crippen LogP contribution in [-0.4, -0.2) is 53.1 Å². The van der Waals surface area contributed by atoms with E-state index < -0.39 is 0 Å². The van der Waals surface area contributed by atoms with Crippen molar-refractivity contribution in [1.29, 1.82) is 0 Å². The Labute approximate surface area is 217 Å². The zero-order chi connectivity index (χ0) is 25.8. The van der Waals surface area contributed by atoms with Gasteiger partial charge in [-0.25, -0.2) is 9.97 Å². The van der Waals surface area contributed by atoms with Crippen LogP contribution >= 0.6 is 0 Å². The lowest BCUT2D eigenvalue weighted by molar-refractivity contribution is 0.0702. The van der Waals surface area contributed by atoms with Gasteiger partial charge in [0.2, 0.25) is 0 Å². The molecule has 0 bridgehead atoms. The fourth-order valence-electron chi connectivity index (χ4n) is 5.04. The van der Waals surface area contributed by atoms with Crippen molar-refractivity contribution in [2.24, 2.45) is 0 Å². The lowest BCUT2D eigenvalue weighted by atomic mass is 9.88. The van der Waals surface area contributed by atoms with Crippen LogP contribution in [0.1, 0.15) is 40.4 Å². The average molecular weight is 495 g/mol. The van der Waals surface area contributed by atoms with Gasteiger partial charge in [-0.3, -0.25) is 9.78 Å². The standard InChI is InChI=1S/C30H30N4O3/c1-20-8-4-5-10-23(20)25-18-32-29(21-13-15-31-16-14-21)33-27(25)22-9-7-17-34(19-22)30(35)24-11-6-12-26(36-2)28(24)37-3/h4-6,8,10-16,18,22H,7,9,17,19H2,1-3H3/t22-/m1/s1. The third-order valence-electron chi connectivity index (χ3n) is 6.92. The fourth-order valence-corrected chi connectivity index (χ4v) is 5.04. The molecular weight excluding hydrogens is 464 g/mol. The van der Waals surface area contributed by atoms with E-state index in [1.54, 1.807) is 38.7 Å². The summed E-state index contributed by atoms with van der Waals surface area (Å²) in [5, 5.41) is 0. The fraction of sp³-hybridized carbons (Fsp3) is 0.267. The van der Waals surface area contributed by atoms with Crippen molar-refractivity contribution in [2.75, 3.05) is 27.3 Å². The van der Waals surface area contributed by atoms with Crippen LogP contribution in [0.25, 0.3) is 22.5 Å². The highest BCUT2D eigenvalue weighted by Gasteiger charge is 2.30. The van der Waals surface area contributed by atoms with E-state index in [1.807, 2.05) is 41.4 Å². The van der Waals surface area contributed by atoms with Crippen LogP contribution < -0.4 is 9.47 Å². The molecule has 2 aromatic carbocycles. The first-order valence-electron chi connectivity index (χ1n) is 12.4. The summed E-state index contributed by atoms with van der Waals surface area (Å²) in [6.07, 6.45) is 7.23. The molecular formula is C30H30N4O3. The Balaban J connectivity index is 1.53. The van der Waals surface area contributed by atoms with Gasteiger partial charge in [-0.15, -0.1) is 0 Å². The molecule has 0 radical (unpaired) electrons. The van der Waals surface area contributed by atoms with E-state index in [0.717, 1.165) is 40.8 Å². The summed E-state index contributed by atoms with van der Waals surface area (Å²) in [5.41, 5.74) is 5.66. The summed E-state index contributed by atoms with van der Waals surface area (Å²) in [7, 11) is 3.13. The zero-order valence-electron chi connectivity index (χ0n) is 21.3. The number of aryl methyl sites for hydroxylation is 1. The Morgan fingerprint density at radius 2 is 1.78 bits per heavy atom. The van der Waals surface area contributed by atoms with Gasteiger partial charge in [0.1, 0.15) is 0 Å². The van der Waals surface area contributed by atoms with Gasteiger partial charge < -0.3 is 14.4 Å². The quantitative estimate of drug-likeness (QED) is 0.350. The van der Waals surface area contributed by atoms with Crippen LogP contribution in [0.5, 0.6) is 11.5 Å². The van der Waals surface area contributed by atoms with E-state index in [1.165, 1.54) is 0 Å². The Morgan fingerprint density at radius 3 is 2.54 bits per heavy atom. The van der Waals surface area contributed by atoms with Crippen molar-refractivity contribution in [3.05, 3.63) is 90.0 Å². The first-order chi connectivity index (χ1) is 18.1. The minimum absolute atomic E-state index is 0.0625. The molecule has 188 valence electrons. The number of hydrogen-bond acceptors (Lipinski definition) is 6. The average Bonchev–Trinajstić information content (AvgIpc) is 2.97. The number of carbonyl (C=O) groups is 1. The maximum absolute atomic E-state index is 13.7. The molecule has 7 nitrogen and oxygen atoms in total. The minimum atomic E-state index is -0.0682. The number of ether oxygens (including phenoxy) is 2. The molecule has 0 spiro atoms. The highest BCUT2D eigenvalue weighted by molar-refractivity contribution is 5.98. The molecule has 1 saturated heterocycles. The molecule has 4 aromatic rings. The first-order valence-corrected chi connectivity index (χ1v) is 12.4. The van der Waals surface area contributed by atoms with E-state index in [0.29, 0.717) is 36.0 Å². The number of carbonyl (C=O) groups excluding carboxylic acids is 1. The number of likely N-dealkylation sites (tertiary alicyclic amines) is 1. The van der Waals surface area contributed by atoms with Crippen molar-refractivity contribution in [3.63, 3.8) is 0 Å². The van der Waals surface area contributed by atoms with E-state index in [-0.39, 0.29) is 11.8 Å². The second kappa shape index (κ2) is 10.8. The number of nitrogens with zero attached hydrogens (tertiary/aromatic N) is 4. The summed E-state index contributed by atoms with van der Waals surface area (Å²) in [6, 6.07) is 17.5. The normalized spacial score (nSPS) is 15.3. The molecule has 37 heavy (non-hydrogen) atoms. The number of hydrogen-bond donors (Lipinski definition) is 0. The molecule has 0 aliphatic carbocycles. The lowest BCUT2D eigenvalue weighted by Crippen LogP contribution is -2.39. The number of piperidine rings is 1. The number of amides is 1. The maximum atomic E-state index is 13.7. The van der Waals surface area contributed by atoms with E-state index in [4.69, 9.17) is 19.4 Å². The largest absolute Gasteiger partial charge is 0.493 e. The molecule has 2 aromatic heterocycles. The van der Waals surface area contributed by atoms with Gasteiger partial charge in [-0.1, -0.05) is 30.3 Å².